The minimum absolute atomic E-state index is 0.0760. The molecule has 2 aliphatic rings. The first kappa shape index (κ1) is 29.8. The van der Waals surface area contributed by atoms with Crippen molar-refractivity contribution in [3.63, 3.8) is 0 Å². The van der Waals surface area contributed by atoms with Gasteiger partial charge in [-0.15, -0.1) is 0 Å². The number of nitrogens with zero attached hydrogens (tertiary/aromatic N) is 2. The van der Waals surface area contributed by atoms with Crippen LogP contribution in [0, 0.1) is 11.3 Å². The Morgan fingerprint density at radius 1 is 1.15 bits per heavy atom. The van der Waals surface area contributed by atoms with Crippen LogP contribution >= 0.6 is 11.6 Å². The second-order valence-corrected chi connectivity index (χ2v) is 12.3. The van der Waals surface area contributed by atoms with Crippen molar-refractivity contribution < 1.29 is 19.1 Å². The quantitative estimate of drug-likeness (QED) is 0.378. The molecule has 4 rings (SSSR count). The highest BCUT2D eigenvalue weighted by molar-refractivity contribution is 6.47. The van der Waals surface area contributed by atoms with E-state index < -0.39 is 5.66 Å². The first-order valence-corrected chi connectivity index (χ1v) is 14.5. The number of carbonyl (C=O) groups is 3. The van der Waals surface area contributed by atoms with E-state index in [4.69, 9.17) is 16.6 Å². The van der Waals surface area contributed by atoms with Gasteiger partial charge in [0.15, 0.2) is 0 Å². The predicted octanol–water partition coefficient (Wildman–Crippen LogP) is 6.35. The molecule has 1 N–H and O–H groups in total. The summed E-state index contributed by atoms with van der Waals surface area (Å²) in [5, 5.41) is 3.32. The van der Waals surface area contributed by atoms with Gasteiger partial charge in [-0.3, -0.25) is 19.4 Å². The monoisotopic (exact) mass is 565 g/mol. The molecule has 0 aromatic heterocycles. The van der Waals surface area contributed by atoms with E-state index in [2.05, 4.69) is 37.7 Å². The van der Waals surface area contributed by atoms with Crippen molar-refractivity contribution in [3.8, 4) is 0 Å². The number of halogens is 1. The fourth-order valence-corrected chi connectivity index (χ4v) is 6.26. The van der Waals surface area contributed by atoms with E-state index in [1.54, 1.807) is 18.2 Å². The van der Waals surface area contributed by atoms with Crippen LogP contribution in [0.15, 0.2) is 53.5 Å². The summed E-state index contributed by atoms with van der Waals surface area (Å²) in [4.78, 5) is 45.3. The number of carbonyl (C=O) groups excluding carboxylic acids is 3. The van der Waals surface area contributed by atoms with Gasteiger partial charge < -0.3 is 15.0 Å². The minimum atomic E-state index is -0.610. The number of hydrogen-bond donors (Lipinski definition) is 1. The van der Waals surface area contributed by atoms with Gasteiger partial charge in [0.2, 0.25) is 0 Å². The Bertz CT molecular complexity index is 1270. The summed E-state index contributed by atoms with van der Waals surface area (Å²) in [6, 6.07) is 14.5. The SMILES string of the molecule is CC[C@H](c1ccc(C(=O)NCCC(=O)OC)cc1)N1C(=O)C(c2cccc(Cl)c2)=NC12CCC(C(C)(C)C)CC2. The molecular weight excluding hydrogens is 526 g/mol. The molecule has 1 atom stereocenters. The van der Waals surface area contributed by atoms with Crippen LogP contribution in [0.5, 0.6) is 0 Å². The van der Waals surface area contributed by atoms with Crippen LogP contribution in [0.2, 0.25) is 5.02 Å². The molecule has 8 heteroatoms. The number of hydrogen-bond acceptors (Lipinski definition) is 5. The van der Waals surface area contributed by atoms with E-state index in [0.717, 1.165) is 36.8 Å². The van der Waals surface area contributed by atoms with Crippen LogP contribution < -0.4 is 5.32 Å². The van der Waals surface area contributed by atoms with E-state index in [1.807, 2.05) is 35.2 Å². The van der Waals surface area contributed by atoms with Gasteiger partial charge >= 0.3 is 5.97 Å². The molecule has 7 nitrogen and oxygen atoms in total. The van der Waals surface area contributed by atoms with Gasteiger partial charge in [0, 0.05) is 22.7 Å². The zero-order chi connectivity index (χ0) is 29.1. The lowest BCUT2D eigenvalue weighted by molar-refractivity contribution is -0.140. The Labute approximate surface area is 242 Å². The molecule has 0 radical (unpaired) electrons. The fourth-order valence-electron chi connectivity index (χ4n) is 6.07. The number of ether oxygens (including phenoxy) is 1. The minimum Gasteiger partial charge on any atom is -0.469 e. The van der Waals surface area contributed by atoms with Gasteiger partial charge in [0.05, 0.1) is 19.6 Å². The maximum Gasteiger partial charge on any atom is 0.307 e. The summed E-state index contributed by atoms with van der Waals surface area (Å²) in [6.07, 6.45) is 4.44. The molecule has 1 saturated carbocycles. The van der Waals surface area contributed by atoms with E-state index in [1.165, 1.54) is 7.11 Å². The lowest BCUT2D eigenvalue weighted by Crippen LogP contribution is -2.51. The maximum absolute atomic E-state index is 14.2. The van der Waals surface area contributed by atoms with Gasteiger partial charge in [-0.1, -0.05) is 63.6 Å². The highest BCUT2D eigenvalue weighted by Gasteiger charge is 2.52. The second-order valence-electron chi connectivity index (χ2n) is 11.9. The third kappa shape index (κ3) is 6.25. The Kier molecular flexibility index (Phi) is 9.03. The molecule has 1 aliphatic heterocycles. The second kappa shape index (κ2) is 12.1. The van der Waals surface area contributed by atoms with Gasteiger partial charge in [0.1, 0.15) is 11.4 Å². The molecule has 1 fully saturated rings. The summed E-state index contributed by atoms with van der Waals surface area (Å²) in [7, 11) is 1.32. The van der Waals surface area contributed by atoms with Crippen molar-refractivity contribution in [1.82, 2.24) is 10.2 Å². The van der Waals surface area contributed by atoms with Gasteiger partial charge in [0.25, 0.3) is 11.8 Å². The summed E-state index contributed by atoms with van der Waals surface area (Å²) in [5.74, 6) is -0.142. The molecule has 40 heavy (non-hydrogen) atoms. The van der Waals surface area contributed by atoms with Crippen LogP contribution in [-0.2, 0) is 14.3 Å². The van der Waals surface area contributed by atoms with Gasteiger partial charge in [-0.25, -0.2) is 0 Å². The molecule has 2 amide bonds. The largest absolute Gasteiger partial charge is 0.469 e. The Morgan fingerprint density at radius 3 is 2.40 bits per heavy atom. The van der Waals surface area contributed by atoms with Crippen LogP contribution in [0.3, 0.4) is 0 Å². The number of benzene rings is 2. The van der Waals surface area contributed by atoms with Crippen LogP contribution in [-0.4, -0.2) is 47.7 Å². The van der Waals surface area contributed by atoms with Crippen molar-refractivity contribution in [2.75, 3.05) is 13.7 Å². The van der Waals surface area contributed by atoms with Crippen molar-refractivity contribution in [1.29, 1.82) is 0 Å². The number of nitrogens with one attached hydrogen (secondary N) is 1. The number of esters is 1. The molecular formula is C32H40ClN3O4. The van der Waals surface area contributed by atoms with Crippen molar-refractivity contribution in [3.05, 3.63) is 70.2 Å². The van der Waals surface area contributed by atoms with Crippen LogP contribution in [0.4, 0.5) is 0 Å². The number of amides is 2. The molecule has 1 heterocycles. The normalized spacial score (nSPS) is 21.8. The van der Waals surface area contributed by atoms with E-state index >= 15 is 0 Å². The average Bonchev–Trinajstić information content (AvgIpc) is 3.20. The maximum atomic E-state index is 14.2. The average molecular weight is 566 g/mol. The molecule has 2 aromatic rings. The predicted molar refractivity (Wildman–Crippen MR) is 157 cm³/mol. The summed E-state index contributed by atoms with van der Waals surface area (Å²) in [6.45, 7) is 9.15. The third-order valence-electron chi connectivity index (χ3n) is 8.40. The van der Waals surface area contributed by atoms with Crippen molar-refractivity contribution in [2.45, 2.75) is 77.9 Å². The van der Waals surface area contributed by atoms with Gasteiger partial charge in [-0.05, 0) is 73.3 Å². The zero-order valence-electron chi connectivity index (χ0n) is 24.1. The van der Waals surface area contributed by atoms with Gasteiger partial charge in [-0.2, -0.15) is 0 Å². The van der Waals surface area contributed by atoms with Crippen LogP contribution in [0.25, 0.3) is 0 Å². The number of aliphatic imine (C=N–C) groups is 1. The summed E-state index contributed by atoms with van der Waals surface area (Å²) in [5.41, 5.74) is 2.25. The smallest absolute Gasteiger partial charge is 0.307 e. The molecule has 0 unspecified atom stereocenters. The Hall–Kier alpha value is -3.19. The molecule has 1 spiro atoms. The van der Waals surface area contributed by atoms with E-state index in [0.29, 0.717) is 28.6 Å². The first-order valence-electron chi connectivity index (χ1n) is 14.1. The topological polar surface area (TPSA) is 88.1 Å². The number of rotatable bonds is 8. The highest BCUT2D eigenvalue weighted by atomic mass is 35.5. The summed E-state index contributed by atoms with van der Waals surface area (Å²) >= 11 is 6.30. The Morgan fingerprint density at radius 2 is 1.82 bits per heavy atom. The molecule has 0 saturated heterocycles. The summed E-state index contributed by atoms with van der Waals surface area (Å²) < 4.78 is 4.62. The van der Waals surface area contributed by atoms with Crippen molar-refractivity contribution in [2.24, 2.45) is 16.3 Å². The van der Waals surface area contributed by atoms with E-state index in [9.17, 15) is 14.4 Å². The molecule has 0 bridgehead atoms. The molecule has 1 aliphatic carbocycles. The third-order valence-corrected chi connectivity index (χ3v) is 8.63. The highest BCUT2D eigenvalue weighted by Crippen LogP contribution is 2.49. The van der Waals surface area contributed by atoms with E-state index in [-0.39, 0.29) is 42.2 Å². The van der Waals surface area contributed by atoms with Crippen LogP contribution in [0.1, 0.15) is 93.7 Å². The lowest BCUT2D eigenvalue weighted by Gasteiger charge is -2.47. The number of methoxy groups -OCH3 is 1. The first-order chi connectivity index (χ1) is 19.0. The zero-order valence-corrected chi connectivity index (χ0v) is 24.9. The lowest BCUT2D eigenvalue weighted by atomic mass is 9.69. The molecule has 2 aromatic carbocycles. The van der Waals surface area contributed by atoms with Crippen molar-refractivity contribution >= 4 is 35.1 Å². The standard InChI is InChI=1S/C32H40ClN3O4/c1-6-26(21-10-12-22(13-11-21)29(38)34-19-16-27(37)40-5)36-30(39)28(23-8-7-9-25(33)20-23)35-32(36)17-14-24(15-18-32)31(2,3)4/h7-13,20,24,26H,6,14-19H2,1-5H3,(H,34,38)/t24?,26-,32?/m1/s1. The molecule has 214 valence electrons. The Balaban J connectivity index is 1.62. The fraction of sp³-hybridized carbons (Fsp3) is 0.500.